The molecule has 1 fully saturated rings. The lowest BCUT2D eigenvalue weighted by molar-refractivity contribution is 0.448. The van der Waals surface area contributed by atoms with Crippen molar-refractivity contribution in [3.05, 3.63) is 18.1 Å². The molecule has 0 aromatic carbocycles. The number of rotatable bonds is 3. The van der Waals surface area contributed by atoms with Gasteiger partial charge in [0, 0.05) is 30.2 Å². The van der Waals surface area contributed by atoms with Gasteiger partial charge in [0.15, 0.2) is 0 Å². The SMILES string of the molecule is Cc1cc(N2CCCCC2CCCl)ncn1. The van der Waals surface area contributed by atoms with Crippen molar-refractivity contribution < 1.29 is 0 Å². The van der Waals surface area contributed by atoms with E-state index in [2.05, 4.69) is 20.9 Å². The maximum absolute atomic E-state index is 5.86. The molecular formula is C12H18ClN3. The second-order valence-electron chi connectivity index (χ2n) is 4.34. The number of hydrogen-bond donors (Lipinski definition) is 0. The second-order valence-corrected chi connectivity index (χ2v) is 4.72. The zero-order valence-corrected chi connectivity index (χ0v) is 10.5. The first-order chi connectivity index (χ1) is 7.81. The highest BCUT2D eigenvalue weighted by atomic mass is 35.5. The van der Waals surface area contributed by atoms with Crippen LogP contribution in [0.3, 0.4) is 0 Å². The summed E-state index contributed by atoms with van der Waals surface area (Å²) in [6, 6.07) is 2.62. The predicted octanol–water partition coefficient (Wildman–Crippen LogP) is 2.77. The van der Waals surface area contributed by atoms with E-state index in [1.54, 1.807) is 6.33 Å². The van der Waals surface area contributed by atoms with Crippen LogP contribution >= 0.6 is 11.6 Å². The molecule has 0 N–H and O–H groups in total. The Morgan fingerprint density at radius 3 is 3.06 bits per heavy atom. The lowest BCUT2D eigenvalue weighted by Crippen LogP contribution is -2.40. The average molecular weight is 240 g/mol. The fourth-order valence-corrected chi connectivity index (χ4v) is 2.58. The standard InChI is InChI=1S/C12H18ClN3/c1-10-8-12(15-9-14-10)16-7-3-2-4-11(16)5-6-13/h8-9,11H,2-7H2,1H3. The van der Waals surface area contributed by atoms with Crippen LogP contribution in [-0.4, -0.2) is 28.4 Å². The Labute approximate surface area is 102 Å². The molecule has 0 amide bonds. The minimum Gasteiger partial charge on any atom is -0.353 e. The van der Waals surface area contributed by atoms with Gasteiger partial charge in [0.25, 0.3) is 0 Å². The molecule has 0 spiro atoms. The number of hydrogen-bond acceptors (Lipinski definition) is 3. The molecule has 16 heavy (non-hydrogen) atoms. The monoisotopic (exact) mass is 239 g/mol. The summed E-state index contributed by atoms with van der Waals surface area (Å²) in [5, 5.41) is 0. The van der Waals surface area contributed by atoms with Crippen LogP contribution in [0.4, 0.5) is 5.82 Å². The van der Waals surface area contributed by atoms with Crippen LogP contribution in [0.5, 0.6) is 0 Å². The second kappa shape index (κ2) is 5.48. The minimum atomic E-state index is 0.556. The quantitative estimate of drug-likeness (QED) is 0.760. The molecule has 1 aliphatic heterocycles. The molecule has 2 rings (SSSR count). The van der Waals surface area contributed by atoms with Gasteiger partial charge in [-0.05, 0) is 32.6 Å². The summed E-state index contributed by atoms with van der Waals surface area (Å²) in [6.45, 7) is 3.10. The maximum atomic E-state index is 5.86. The van der Waals surface area contributed by atoms with Gasteiger partial charge in [0.1, 0.15) is 12.1 Å². The van der Waals surface area contributed by atoms with Crippen LogP contribution in [0.15, 0.2) is 12.4 Å². The van der Waals surface area contributed by atoms with E-state index >= 15 is 0 Å². The first kappa shape index (κ1) is 11.6. The summed E-state index contributed by atoms with van der Waals surface area (Å²) in [5.41, 5.74) is 1.03. The molecule has 1 aromatic rings. The Balaban J connectivity index is 2.16. The Kier molecular flexibility index (Phi) is 3.99. The predicted molar refractivity (Wildman–Crippen MR) is 67.1 cm³/mol. The third-order valence-corrected chi connectivity index (χ3v) is 3.37. The van der Waals surface area contributed by atoms with Crippen LogP contribution in [0.25, 0.3) is 0 Å². The van der Waals surface area contributed by atoms with Crippen molar-refractivity contribution in [1.29, 1.82) is 0 Å². The van der Waals surface area contributed by atoms with Gasteiger partial charge in [0.05, 0.1) is 0 Å². The van der Waals surface area contributed by atoms with Gasteiger partial charge < -0.3 is 4.90 Å². The summed E-state index contributed by atoms with van der Waals surface area (Å²) >= 11 is 5.86. The van der Waals surface area contributed by atoms with Gasteiger partial charge in [-0.25, -0.2) is 9.97 Å². The van der Waals surface area contributed by atoms with Crippen molar-refractivity contribution >= 4 is 17.4 Å². The molecule has 1 saturated heterocycles. The van der Waals surface area contributed by atoms with Gasteiger partial charge >= 0.3 is 0 Å². The van der Waals surface area contributed by atoms with Gasteiger partial charge in [-0.2, -0.15) is 0 Å². The lowest BCUT2D eigenvalue weighted by Gasteiger charge is -2.36. The summed E-state index contributed by atoms with van der Waals surface area (Å²) < 4.78 is 0. The van der Waals surface area contributed by atoms with E-state index in [-0.39, 0.29) is 0 Å². The Hall–Kier alpha value is -0.830. The highest BCUT2D eigenvalue weighted by Crippen LogP contribution is 2.25. The molecule has 1 aliphatic rings. The zero-order valence-electron chi connectivity index (χ0n) is 9.69. The fourth-order valence-electron chi connectivity index (χ4n) is 2.33. The van der Waals surface area contributed by atoms with E-state index in [0.29, 0.717) is 6.04 Å². The minimum absolute atomic E-state index is 0.556. The molecular weight excluding hydrogens is 222 g/mol. The van der Waals surface area contributed by atoms with E-state index < -0.39 is 0 Å². The van der Waals surface area contributed by atoms with E-state index in [0.717, 1.165) is 30.4 Å². The molecule has 4 heteroatoms. The number of nitrogens with zero attached hydrogens (tertiary/aromatic N) is 3. The normalized spacial score (nSPS) is 21.1. The Bertz CT molecular complexity index is 341. The number of halogens is 1. The summed E-state index contributed by atoms with van der Waals surface area (Å²) in [7, 11) is 0. The molecule has 0 radical (unpaired) electrons. The maximum Gasteiger partial charge on any atom is 0.132 e. The zero-order chi connectivity index (χ0) is 11.4. The largest absolute Gasteiger partial charge is 0.353 e. The summed E-state index contributed by atoms with van der Waals surface area (Å²) in [4.78, 5) is 10.9. The number of piperidine rings is 1. The van der Waals surface area contributed by atoms with Crippen molar-refractivity contribution in [3.63, 3.8) is 0 Å². The van der Waals surface area contributed by atoms with Crippen molar-refractivity contribution in [1.82, 2.24) is 9.97 Å². The number of aryl methyl sites for hydroxylation is 1. The van der Waals surface area contributed by atoms with Crippen LogP contribution in [0.2, 0.25) is 0 Å². The van der Waals surface area contributed by atoms with Gasteiger partial charge in [-0.15, -0.1) is 11.6 Å². The topological polar surface area (TPSA) is 29.0 Å². The highest BCUT2D eigenvalue weighted by Gasteiger charge is 2.22. The molecule has 0 bridgehead atoms. The Morgan fingerprint density at radius 2 is 2.31 bits per heavy atom. The number of aromatic nitrogens is 2. The van der Waals surface area contributed by atoms with Gasteiger partial charge in [-0.1, -0.05) is 0 Å². The Morgan fingerprint density at radius 1 is 1.44 bits per heavy atom. The molecule has 1 unspecified atom stereocenters. The van der Waals surface area contributed by atoms with Crippen molar-refractivity contribution in [2.24, 2.45) is 0 Å². The van der Waals surface area contributed by atoms with Crippen molar-refractivity contribution in [2.75, 3.05) is 17.3 Å². The fraction of sp³-hybridized carbons (Fsp3) is 0.667. The third kappa shape index (κ3) is 2.64. The van der Waals surface area contributed by atoms with E-state index in [1.165, 1.54) is 19.3 Å². The van der Waals surface area contributed by atoms with E-state index in [4.69, 9.17) is 11.6 Å². The van der Waals surface area contributed by atoms with Crippen LogP contribution < -0.4 is 4.90 Å². The van der Waals surface area contributed by atoms with Gasteiger partial charge in [0.2, 0.25) is 0 Å². The molecule has 2 heterocycles. The lowest BCUT2D eigenvalue weighted by atomic mass is 10.00. The first-order valence-electron chi connectivity index (χ1n) is 5.92. The van der Waals surface area contributed by atoms with Crippen LogP contribution in [-0.2, 0) is 0 Å². The first-order valence-corrected chi connectivity index (χ1v) is 6.46. The molecule has 1 atom stereocenters. The third-order valence-electron chi connectivity index (χ3n) is 3.15. The smallest absolute Gasteiger partial charge is 0.132 e. The summed E-state index contributed by atoms with van der Waals surface area (Å²) in [5.74, 6) is 1.79. The molecule has 1 aromatic heterocycles. The highest BCUT2D eigenvalue weighted by molar-refractivity contribution is 6.17. The average Bonchev–Trinajstić information content (AvgIpc) is 2.30. The number of alkyl halides is 1. The number of anilines is 1. The van der Waals surface area contributed by atoms with Crippen molar-refractivity contribution in [3.8, 4) is 0 Å². The molecule has 88 valence electrons. The molecule has 3 nitrogen and oxygen atoms in total. The van der Waals surface area contributed by atoms with Gasteiger partial charge in [-0.3, -0.25) is 0 Å². The molecule has 0 saturated carbocycles. The summed E-state index contributed by atoms with van der Waals surface area (Å²) in [6.07, 6.45) is 6.49. The molecule has 0 aliphatic carbocycles. The van der Waals surface area contributed by atoms with E-state index in [9.17, 15) is 0 Å². The van der Waals surface area contributed by atoms with E-state index in [1.807, 2.05) is 6.92 Å². The van der Waals surface area contributed by atoms with Crippen molar-refractivity contribution in [2.45, 2.75) is 38.6 Å². The van der Waals surface area contributed by atoms with Crippen LogP contribution in [0, 0.1) is 6.92 Å². The van der Waals surface area contributed by atoms with Crippen LogP contribution in [0.1, 0.15) is 31.4 Å².